The van der Waals surface area contributed by atoms with Gasteiger partial charge in [0.1, 0.15) is 11.9 Å². The van der Waals surface area contributed by atoms with Crippen LogP contribution in [0.5, 0.6) is 5.75 Å². The smallest absolute Gasteiger partial charge is 0.303 e. The fourth-order valence-corrected chi connectivity index (χ4v) is 5.49. The van der Waals surface area contributed by atoms with Crippen LogP contribution in [-0.4, -0.2) is 47.7 Å². The number of nitrogens with zero attached hydrogens (tertiary/aromatic N) is 2. The number of piperidine rings is 1. The summed E-state index contributed by atoms with van der Waals surface area (Å²) in [5.41, 5.74) is 0.706. The van der Waals surface area contributed by atoms with Crippen molar-refractivity contribution in [3.63, 3.8) is 0 Å². The highest BCUT2D eigenvalue weighted by molar-refractivity contribution is 6.32. The number of fused-ring (bicyclic) bond motifs is 1. The summed E-state index contributed by atoms with van der Waals surface area (Å²) in [7, 11) is 1.57. The number of hydrogen-bond donors (Lipinski definition) is 1. The number of ether oxygens (including phenoxy) is 1. The lowest BCUT2D eigenvalue weighted by molar-refractivity contribution is -0.141. The van der Waals surface area contributed by atoms with E-state index in [1.165, 1.54) is 38.3 Å². The molecular weight excluding hydrogens is 455 g/mol. The van der Waals surface area contributed by atoms with E-state index in [4.69, 9.17) is 16.3 Å². The number of methoxy groups -OCH3 is 1. The van der Waals surface area contributed by atoms with Crippen molar-refractivity contribution in [3.8, 4) is 5.75 Å². The number of likely N-dealkylation sites (tertiary alicyclic amines) is 1. The fraction of sp³-hybridized carbons (Fsp3) is 0.630. The Labute approximate surface area is 207 Å². The van der Waals surface area contributed by atoms with Crippen molar-refractivity contribution in [1.29, 1.82) is 0 Å². The minimum absolute atomic E-state index is 0.0860. The van der Waals surface area contributed by atoms with Crippen molar-refractivity contribution in [2.75, 3.05) is 26.7 Å². The zero-order chi connectivity index (χ0) is 24.6. The molecule has 1 aliphatic rings. The maximum atomic E-state index is 15.7. The normalized spacial score (nSPS) is 17.1. The number of halogens is 2. The van der Waals surface area contributed by atoms with Crippen LogP contribution >= 0.6 is 11.6 Å². The average Bonchev–Trinajstić information content (AvgIpc) is 2.83. The lowest BCUT2D eigenvalue weighted by Gasteiger charge is -2.41. The fourth-order valence-electron chi connectivity index (χ4n) is 5.22. The van der Waals surface area contributed by atoms with Gasteiger partial charge in [0.05, 0.1) is 24.1 Å². The van der Waals surface area contributed by atoms with E-state index >= 15 is 4.39 Å². The first kappa shape index (κ1) is 26.7. The van der Waals surface area contributed by atoms with Crippen molar-refractivity contribution >= 4 is 28.5 Å². The molecule has 1 fully saturated rings. The zero-order valence-corrected chi connectivity index (χ0v) is 21.2. The Morgan fingerprint density at radius 2 is 2.00 bits per heavy atom. The van der Waals surface area contributed by atoms with Crippen LogP contribution in [0.3, 0.4) is 0 Å². The molecule has 1 aliphatic heterocycles. The molecule has 5 nitrogen and oxygen atoms in total. The van der Waals surface area contributed by atoms with E-state index in [2.05, 4.69) is 16.8 Å². The Balaban J connectivity index is 1.66. The predicted octanol–water partition coefficient (Wildman–Crippen LogP) is 7.21. The van der Waals surface area contributed by atoms with Crippen molar-refractivity contribution in [2.24, 2.45) is 5.41 Å². The number of carboxylic acids is 1. The molecule has 1 aromatic heterocycles. The van der Waals surface area contributed by atoms with Crippen LogP contribution < -0.4 is 4.74 Å². The number of unbranched alkanes of at least 4 members (excludes halogenated alkanes) is 4. The molecule has 1 saturated heterocycles. The zero-order valence-electron chi connectivity index (χ0n) is 20.5. The summed E-state index contributed by atoms with van der Waals surface area (Å²) in [6.07, 6.45) is 8.87. The van der Waals surface area contributed by atoms with Gasteiger partial charge in [-0.3, -0.25) is 9.78 Å². The van der Waals surface area contributed by atoms with Gasteiger partial charge in [-0.25, -0.2) is 4.39 Å². The van der Waals surface area contributed by atoms with E-state index in [1.54, 1.807) is 25.3 Å². The van der Waals surface area contributed by atoms with Gasteiger partial charge in [-0.1, -0.05) is 44.2 Å². The van der Waals surface area contributed by atoms with Gasteiger partial charge in [-0.2, -0.15) is 0 Å². The minimum atomic E-state index is -1.30. The summed E-state index contributed by atoms with van der Waals surface area (Å²) >= 11 is 6.39. The van der Waals surface area contributed by atoms with Gasteiger partial charge in [0.25, 0.3) is 0 Å². The maximum absolute atomic E-state index is 15.7. The van der Waals surface area contributed by atoms with Gasteiger partial charge in [0.15, 0.2) is 0 Å². The number of carbonyl (C=O) groups is 1. The number of aliphatic carboxylic acids is 1. The van der Waals surface area contributed by atoms with Crippen LogP contribution in [-0.2, 0) is 4.79 Å². The van der Waals surface area contributed by atoms with Crippen LogP contribution in [0, 0.1) is 5.41 Å². The molecule has 0 radical (unpaired) electrons. The third-order valence-corrected chi connectivity index (χ3v) is 7.63. The second-order valence-corrected chi connectivity index (χ2v) is 10.1. The highest BCUT2D eigenvalue weighted by Crippen LogP contribution is 2.44. The van der Waals surface area contributed by atoms with E-state index in [9.17, 15) is 9.90 Å². The molecule has 2 aromatic rings. The highest BCUT2D eigenvalue weighted by Gasteiger charge is 2.37. The van der Waals surface area contributed by atoms with Gasteiger partial charge in [-0.05, 0) is 75.4 Å². The van der Waals surface area contributed by atoms with Crippen LogP contribution in [0.2, 0.25) is 5.02 Å². The van der Waals surface area contributed by atoms with E-state index in [0.717, 1.165) is 32.5 Å². The first-order chi connectivity index (χ1) is 16.4. The summed E-state index contributed by atoms with van der Waals surface area (Å²) in [5, 5.41) is 10.5. The van der Waals surface area contributed by atoms with Gasteiger partial charge in [0.2, 0.25) is 0 Å². The molecule has 188 valence electrons. The average molecular weight is 493 g/mol. The van der Waals surface area contributed by atoms with Gasteiger partial charge >= 0.3 is 5.97 Å². The second kappa shape index (κ2) is 12.7. The van der Waals surface area contributed by atoms with E-state index in [-0.39, 0.29) is 18.3 Å². The van der Waals surface area contributed by atoms with Crippen LogP contribution in [0.4, 0.5) is 4.39 Å². The monoisotopic (exact) mass is 492 g/mol. The molecule has 1 N–H and O–H groups in total. The van der Waals surface area contributed by atoms with Gasteiger partial charge < -0.3 is 14.7 Å². The Morgan fingerprint density at radius 1 is 1.26 bits per heavy atom. The molecule has 0 bridgehead atoms. The molecule has 34 heavy (non-hydrogen) atoms. The molecule has 0 aliphatic carbocycles. The van der Waals surface area contributed by atoms with Crippen LogP contribution in [0.25, 0.3) is 10.9 Å². The number of carboxylic acid groups (broad SMARTS) is 1. The van der Waals surface area contributed by atoms with Crippen LogP contribution in [0.1, 0.15) is 82.9 Å². The SMILES string of the molecule is CCCCCCCN1CCC(CC[C@H](F)c2c(Cl)cnc3ccc(OC)cc23)(CC(=O)O)CC1. The standard InChI is InChI=1S/C27H38ClFN2O3/c1-3-4-5-6-7-14-31-15-12-27(13-16-31,18-25(32)33)11-10-23(29)26-21-17-20(34-2)8-9-24(21)30-19-22(26)28/h8-9,17,19,23H,3-7,10-16,18H2,1-2H3,(H,32,33)/t23-/m0/s1. The van der Waals surface area contributed by atoms with Crippen LogP contribution in [0.15, 0.2) is 24.4 Å². The number of aromatic nitrogens is 1. The van der Waals surface area contributed by atoms with Crippen molar-refractivity contribution < 1.29 is 19.0 Å². The summed E-state index contributed by atoms with van der Waals surface area (Å²) in [5.74, 6) is -0.185. The quantitative estimate of drug-likeness (QED) is 0.299. The molecule has 0 amide bonds. The number of pyridine rings is 1. The molecule has 0 unspecified atom stereocenters. The molecule has 3 rings (SSSR count). The minimum Gasteiger partial charge on any atom is -0.497 e. The largest absolute Gasteiger partial charge is 0.497 e. The Bertz CT molecular complexity index is 947. The number of alkyl halides is 1. The molecule has 0 spiro atoms. The lowest BCUT2D eigenvalue weighted by atomic mass is 9.71. The topological polar surface area (TPSA) is 62.7 Å². The summed E-state index contributed by atoms with van der Waals surface area (Å²) in [6.45, 7) is 5.05. The van der Waals surface area contributed by atoms with Crippen molar-refractivity contribution in [1.82, 2.24) is 9.88 Å². The lowest BCUT2D eigenvalue weighted by Crippen LogP contribution is -2.41. The summed E-state index contributed by atoms with van der Waals surface area (Å²) in [4.78, 5) is 18.4. The number of rotatable bonds is 13. The van der Waals surface area contributed by atoms with E-state index < -0.39 is 12.1 Å². The number of benzene rings is 1. The van der Waals surface area contributed by atoms with E-state index in [1.807, 2.05) is 0 Å². The first-order valence-corrected chi connectivity index (χ1v) is 13.0. The third-order valence-electron chi connectivity index (χ3n) is 7.33. The molecule has 7 heteroatoms. The molecule has 0 saturated carbocycles. The molecular formula is C27H38ClFN2O3. The molecule has 2 heterocycles. The van der Waals surface area contributed by atoms with Gasteiger partial charge in [-0.15, -0.1) is 0 Å². The number of hydrogen-bond acceptors (Lipinski definition) is 4. The van der Waals surface area contributed by atoms with E-state index in [0.29, 0.717) is 33.7 Å². The van der Waals surface area contributed by atoms with Gasteiger partial charge in [0, 0.05) is 17.1 Å². The predicted molar refractivity (Wildman–Crippen MR) is 136 cm³/mol. The van der Waals surface area contributed by atoms with Crippen molar-refractivity contribution in [3.05, 3.63) is 35.0 Å². The highest BCUT2D eigenvalue weighted by atomic mass is 35.5. The Kier molecular flexibility index (Phi) is 9.96. The second-order valence-electron chi connectivity index (χ2n) is 9.74. The summed E-state index contributed by atoms with van der Waals surface area (Å²) < 4.78 is 21.0. The molecule has 1 atom stereocenters. The Morgan fingerprint density at radius 3 is 2.68 bits per heavy atom. The third kappa shape index (κ3) is 7.05. The first-order valence-electron chi connectivity index (χ1n) is 12.6. The maximum Gasteiger partial charge on any atom is 0.303 e. The molecule has 1 aromatic carbocycles. The summed E-state index contributed by atoms with van der Waals surface area (Å²) in [6, 6.07) is 5.35. The van der Waals surface area contributed by atoms with Crippen molar-refractivity contribution in [2.45, 2.75) is 77.3 Å². The Hall–Kier alpha value is -1.92.